The zero-order valence-electron chi connectivity index (χ0n) is 18.0. The number of nitrogens with zero attached hydrogens (tertiary/aromatic N) is 2. The minimum atomic E-state index is -0.0171. The second-order valence-electron chi connectivity index (χ2n) is 8.37. The van der Waals surface area contributed by atoms with Crippen LogP contribution in [0.2, 0.25) is 5.02 Å². The summed E-state index contributed by atoms with van der Waals surface area (Å²) in [7, 11) is 3.49. The van der Waals surface area contributed by atoms with Crippen molar-refractivity contribution in [3.05, 3.63) is 29.3 Å². The van der Waals surface area contributed by atoms with Crippen molar-refractivity contribution >= 4 is 59.2 Å². The van der Waals surface area contributed by atoms with Crippen molar-refractivity contribution in [3.8, 4) is 0 Å². The Morgan fingerprint density at radius 3 is 2.70 bits per heavy atom. The summed E-state index contributed by atoms with van der Waals surface area (Å²) in [6.45, 7) is 6.16. The first kappa shape index (κ1) is 25.5. The molecular formula is C21H32ClIN4O2S. The van der Waals surface area contributed by atoms with Crippen LogP contribution in [0.4, 0.5) is 0 Å². The number of fused-ring (bicyclic) bond motifs is 1. The minimum Gasteiger partial charge on any atom is -0.377 e. The molecule has 1 saturated heterocycles. The number of amides is 1. The Balaban J connectivity index is 0.00000320. The zero-order valence-corrected chi connectivity index (χ0v) is 21.9. The summed E-state index contributed by atoms with van der Waals surface area (Å²) in [6.07, 6.45) is 1.38. The first-order valence-electron chi connectivity index (χ1n) is 10.0. The van der Waals surface area contributed by atoms with E-state index in [1.807, 2.05) is 24.3 Å². The van der Waals surface area contributed by atoms with Crippen LogP contribution in [0, 0.1) is 11.3 Å². The first-order chi connectivity index (χ1) is 13.8. The predicted octanol–water partition coefficient (Wildman–Crippen LogP) is 3.49. The molecule has 0 aromatic heterocycles. The van der Waals surface area contributed by atoms with Crippen molar-refractivity contribution in [2.45, 2.75) is 37.3 Å². The number of halogens is 2. The van der Waals surface area contributed by atoms with Crippen molar-refractivity contribution in [2.75, 3.05) is 39.5 Å². The number of nitrogens with one attached hydrogen (secondary N) is 2. The van der Waals surface area contributed by atoms with Gasteiger partial charge < -0.3 is 20.3 Å². The van der Waals surface area contributed by atoms with Gasteiger partial charge in [-0.05, 0) is 30.7 Å². The Hall–Kier alpha value is -0.710. The monoisotopic (exact) mass is 566 g/mol. The van der Waals surface area contributed by atoms with Gasteiger partial charge in [0, 0.05) is 60.3 Å². The number of carbonyl (C=O) groups excluding carboxylic acids is 1. The highest BCUT2D eigenvalue weighted by atomic mass is 127. The van der Waals surface area contributed by atoms with E-state index in [9.17, 15) is 4.79 Å². The third-order valence-corrected chi connectivity index (χ3v) is 7.01. The van der Waals surface area contributed by atoms with Gasteiger partial charge in [0.1, 0.15) is 6.54 Å². The Kier molecular flexibility index (Phi) is 9.57. The van der Waals surface area contributed by atoms with E-state index < -0.39 is 0 Å². The number of benzene rings is 1. The van der Waals surface area contributed by atoms with Crippen LogP contribution in [0.25, 0.3) is 0 Å². The van der Waals surface area contributed by atoms with Gasteiger partial charge in [-0.3, -0.25) is 4.79 Å². The molecule has 0 radical (unpaired) electrons. The third-order valence-electron chi connectivity index (χ3n) is 5.74. The minimum absolute atomic E-state index is 0. The van der Waals surface area contributed by atoms with Gasteiger partial charge in [-0.15, -0.1) is 35.7 Å². The van der Waals surface area contributed by atoms with Crippen LogP contribution in [-0.2, 0) is 9.53 Å². The van der Waals surface area contributed by atoms with Crippen LogP contribution in [-0.4, -0.2) is 68.5 Å². The second kappa shape index (κ2) is 11.2. The Morgan fingerprint density at radius 2 is 2.03 bits per heavy atom. The van der Waals surface area contributed by atoms with Gasteiger partial charge in [0.05, 0.1) is 6.10 Å². The molecule has 3 atom stereocenters. The van der Waals surface area contributed by atoms with Crippen molar-refractivity contribution in [1.82, 2.24) is 15.5 Å². The Morgan fingerprint density at radius 1 is 1.33 bits per heavy atom. The van der Waals surface area contributed by atoms with Crippen LogP contribution in [0.5, 0.6) is 0 Å². The molecule has 1 aromatic carbocycles. The maximum atomic E-state index is 12.0. The van der Waals surface area contributed by atoms with Gasteiger partial charge in [0.25, 0.3) is 0 Å². The lowest BCUT2D eigenvalue weighted by molar-refractivity contribution is -0.127. The van der Waals surface area contributed by atoms with Gasteiger partial charge in [-0.2, -0.15) is 0 Å². The number of hydrogen-bond acceptors (Lipinski definition) is 4. The summed E-state index contributed by atoms with van der Waals surface area (Å²) in [5, 5.41) is 7.71. The van der Waals surface area contributed by atoms with E-state index >= 15 is 0 Å². The number of rotatable bonds is 7. The number of guanidine groups is 1. The summed E-state index contributed by atoms with van der Waals surface area (Å²) in [6, 6.07) is 8.13. The fourth-order valence-electron chi connectivity index (χ4n) is 4.07. The van der Waals surface area contributed by atoms with Gasteiger partial charge in [0.15, 0.2) is 5.96 Å². The maximum Gasteiger partial charge on any atom is 0.243 e. The van der Waals surface area contributed by atoms with Crippen molar-refractivity contribution < 1.29 is 9.53 Å². The molecule has 0 bridgehead atoms. The average molecular weight is 567 g/mol. The third kappa shape index (κ3) is 6.17. The Bertz CT molecular complexity index is 745. The van der Waals surface area contributed by atoms with Crippen LogP contribution >= 0.6 is 47.3 Å². The summed E-state index contributed by atoms with van der Waals surface area (Å²) >= 11 is 7.70. The molecule has 1 heterocycles. The molecule has 3 rings (SSSR count). The highest BCUT2D eigenvalue weighted by Crippen LogP contribution is 2.52. The lowest BCUT2D eigenvalue weighted by Gasteiger charge is -2.54. The van der Waals surface area contributed by atoms with E-state index in [4.69, 9.17) is 16.3 Å². The summed E-state index contributed by atoms with van der Waals surface area (Å²) in [5.74, 6) is 2.06. The molecule has 2 aliphatic rings. The molecule has 1 amide bonds. The molecule has 9 heteroatoms. The number of aliphatic imine (C=N–C) groups is 1. The second-order valence-corrected chi connectivity index (χ2v) is 9.97. The molecule has 2 fully saturated rings. The van der Waals surface area contributed by atoms with Gasteiger partial charge >= 0.3 is 0 Å². The van der Waals surface area contributed by atoms with Crippen molar-refractivity contribution in [2.24, 2.45) is 16.3 Å². The first-order valence-corrected chi connectivity index (χ1v) is 11.4. The highest BCUT2D eigenvalue weighted by molar-refractivity contribution is 14.0. The lowest BCUT2D eigenvalue weighted by atomic mass is 9.57. The standard InChI is InChI=1S/C21H31ClN4O2S.HI/c1-21(2)18(16-9-11-28-19(16)21)25-20(24-13-17(27)26(3)4)23-10-12-29-15-7-5-14(22)6-8-15;/h5-8,16,18-19H,9-13H2,1-4H3,(H2,23,24,25);1H. The largest absolute Gasteiger partial charge is 0.377 e. The molecule has 1 aliphatic heterocycles. The number of ether oxygens (including phenoxy) is 1. The van der Waals surface area contributed by atoms with E-state index in [0.29, 0.717) is 24.0 Å². The normalized spacial score (nSPS) is 24.3. The number of hydrogen-bond donors (Lipinski definition) is 2. The molecule has 3 unspecified atom stereocenters. The molecule has 0 spiro atoms. The van der Waals surface area contributed by atoms with Crippen LogP contribution in [0.1, 0.15) is 20.3 Å². The van der Waals surface area contributed by atoms with E-state index in [1.54, 1.807) is 30.8 Å². The van der Waals surface area contributed by atoms with E-state index in [1.165, 1.54) is 4.90 Å². The smallest absolute Gasteiger partial charge is 0.243 e. The molecule has 168 valence electrons. The molecule has 1 aromatic rings. The number of carbonyl (C=O) groups is 1. The number of likely N-dealkylation sites (N-methyl/N-ethyl adjacent to an activating group) is 1. The van der Waals surface area contributed by atoms with Gasteiger partial charge in [-0.25, -0.2) is 4.99 Å². The summed E-state index contributed by atoms with van der Waals surface area (Å²) in [4.78, 5) is 19.3. The fourth-order valence-corrected chi connectivity index (χ4v) is 4.97. The average Bonchev–Trinajstić information content (AvgIpc) is 3.14. The predicted molar refractivity (Wildman–Crippen MR) is 135 cm³/mol. The van der Waals surface area contributed by atoms with Gasteiger partial charge in [-0.1, -0.05) is 25.4 Å². The quantitative estimate of drug-likeness (QED) is 0.174. The molecule has 2 N–H and O–H groups in total. The molecular weight excluding hydrogens is 535 g/mol. The molecule has 30 heavy (non-hydrogen) atoms. The van der Waals surface area contributed by atoms with E-state index in [0.717, 1.165) is 30.3 Å². The van der Waals surface area contributed by atoms with Crippen LogP contribution < -0.4 is 10.6 Å². The van der Waals surface area contributed by atoms with Crippen LogP contribution in [0.3, 0.4) is 0 Å². The van der Waals surface area contributed by atoms with Crippen molar-refractivity contribution in [3.63, 3.8) is 0 Å². The van der Waals surface area contributed by atoms with E-state index in [-0.39, 0.29) is 41.8 Å². The fraction of sp³-hybridized carbons (Fsp3) is 0.619. The maximum absolute atomic E-state index is 12.0. The SMILES string of the molecule is CN(C)C(=O)CN=C(NCCSc1ccc(Cl)cc1)NC1C2CCOC2C1(C)C.I. The van der Waals surface area contributed by atoms with Gasteiger partial charge in [0.2, 0.25) is 5.91 Å². The Labute approximate surface area is 205 Å². The lowest BCUT2D eigenvalue weighted by Crippen LogP contribution is -2.68. The summed E-state index contributed by atoms with van der Waals surface area (Å²) < 4.78 is 5.89. The number of thioether (sulfide) groups is 1. The van der Waals surface area contributed by atoms with Crippen LogP contribution in [0.15, 0.2) is 34.2 Å². The topological polar surface area (TPSA) is 66.0 Å². The highest BCUT2D eigenvalue weighted by Gasteiger charge is 2.59. The molecule has 1 saturated carbocycles. The zero-order chi connectivity index (χ0) is 21.0. The van der Waals surface area contributed by atoms with Crippen molar-refractivity contribution in [1.29, 1.82) is 0 Å². The molecule has 6 nitrogen and oxygen atoms in total. The van der Waals surface area contributed by atoms with E-state index in [2.05, 4.69) is 29.5 Å². The summed E-state index contributed by atoms with van der Waals surface area (Å²) in [5.41, 5.74) is 0.0488. The molecule has 1 aliphatic carbocycles.